The number of carbonyl (C=O) groups is 3. The molecule has 0 spiro atoms. The number of ether oxygens (including phenoxy) is 4. The van der Waals surface area contributed by atoms with Crippen LogP contribution in [0.3, 0.4) is 0 Å². The van der Waals surface area contributed by atoms with Gasteiger partial charge in [-0.1, -0.05) is 271 Å². The molecule has 0 fully saturated rings. The minimum Gasteiger partial charge on any atom is -0.477 e. The number of hydrogen-bond donors (Lipinski definition) is 1. The lowest BCUT2D eigenvalue weighted by molar-refractivity contribution is -0.870. The molecule has 0 aromatic heterocycles. The number of nitrogens with zero attached hydrogens (tertiary/aromatic N) is 1. The summed E-state index contributed by atoms with van der Waals surface area (Å²) in [6.07, 6.45) is 107. The quantitative estimate of drug-likeness (QED) is 0.0211. The second kappa shape index (κ2) is 69.5. The minimum absolute atomic E-state index is 0.166. The van der Waals surface area contributed by atoms with Crippen molar-refractivity contribution in [2.24, 2.45) is 0 Å². The lowest BCUT2D eigenvalue weighted by atomic mass is 10.1. The van der Waals surface area contributed by atoms with Gasteiger partial charge in [-0.15, -0.1) is 0 Å². The number of carboxylic acids is 1. The summed E-state index contributed by atoms with van der Waals surface area (Å²) in [5, 5.41) is 9.75. The van der Waals surface area contributed by atoms with E-state index in [2.05, 4.69) is 233 Å². The smallest absolute Gasteiger partial charge is 0.361 e. The van der Waals surface area contributed by atoms with Crippen molar-refractivity contribution < 1.29 is 42.9 Å². The van der Waals surface area contributed by atoms with E-state index in [0.29, 0.717) is 23.9 Å². The maximum absolute atomic E-state index is 12.9. The van der Waals surface area contributed by atoms with Gasteiger partial charge in [0, 0.05) is 12.8 Å². The largest absolute Gasteiger partial charge is 0.477 e. The number of rotatable bonds is 61. The molecule has 91 heavy (non-hydrogen) atoms. The normalized spacial score (nSPS) is 14.1. The van der Waals surface area contributed by atoms with Crippen LogP contribution >= 0.6 is 0 Å². The fraction of sp³-hybridized carbons (Fsp3) is 0.524. The molecule has 0 aliphatic carbocycles. The summed E-state index contributed by atoms with van der Waals surface area (Å²) in [4.78, 5) is 37.6. The van der Waals surface area contributed by atoms with Crippen molar-refractivity contribution in [3.63, 3.8) is 0 Å². The van der Waals surface area contributed by atoms with Gasteiger partial charge in [0.25, 0.3) is 6.29 Å². The molecule has 2 atom stereocenters. The van der Waals surface area contributed by atoms with Crippen molar-refractivity contribution in [3.8, 4) is 0 Å². The monoisotopic (exact) mass is 1250 g/mol. The van der Waals surface area contributed by atoms with Gasteiger partial charge >= 0.3 is 17.9 Å². The molecule has 1 N–H and O–H groups in total. The number of esters is 2. The summed E-state index contributed by atoms with van der Waals surface area (Å²) < 4.78 is 22.9. The summed E-state index contributed by atoms with van der Waals surface area (Å²) >= 11 is 0. The molecule has 0 amide bonds. The molecule has 0 radical (unpaired) electrons. The van der Waals surface area contributed by atoms with Gasteiger partial charge in [-0.05, 0) is 154 Å². The average molecular weight is 1250 g/mol. The zero-order chi connectivity index (χ0) is 66.1. The lowest BCUT2D eigenvalue weighted by Gasteiger charge is -2.25. The molecule has 0 rings (SSSR count). The van der Waals surface area contributed by atoms with E-state index in [4.69, 9.17) is 18.9 Å². The maximum atomic E-state index is 12.9. The summed E-state index contributed by atoms with van der Waals surface area (Å²) in [6, 6.07) is 0. The molecule has 0 bridgehead atoms. The van der Waals surface area contributed by atoms with Gasteiger partial charge in [0.2, 0.25) is 0 Å². The number of hydrogen-bond acceptors (Lipinski definition) is 7. The second-order valence-electron chi connectivity index (χ2n) is 23.4. The van der Waals surface area contributed by atoms with Crippen LogP contribution in [-0.2, 0) is 33.3 Å². The van der Waals surface area contributed by atoms with Crippen LogP contribution in [0.4, 0.5) is 0 Å². The zero-order valence-electron chi connectivity index (χ0n) is 57.6. The standard InChI is InChI=1S/C82H125NO8/c1-6-8-10-12-14-16-18-20-22-24-26-28-30-32-34-36-38-39-40-41-43-45-47-49-51-53-55-57-59-61-63-65-67-69-71-73-80(85)91-78(77-90-82(81(86)87)88-75-74-83(3,4)5)76-89-79(84)72-70-68-66-64-62-60-58-56-54-52-50-48-46-44-42-37-35-33-31-29-27-25-23-21-19-17-15-13-11-9-7-2/h8-11,14-17,20-23,26-29,32-35,38-39,41-44,47-50,53-56,59,61,78,82H,6-7,12-13,18-19,24-25,30-31,36-37,40,45-46,51-52,57-58,60,62-77H2,1-5H3/p+1/b10-8-,11-9-,16-14-,17-15-,22-20-,23-21-,28-26-,29-27-,34-32-,35-33-,39-38-,43-41-,44-42-,49-47-,50-48-,55-53-,56-54-,61-59-. The van der Waals surface area contributed by atoms with Crippen LogP contribution in [-0.4, -0.2) is 87.4 Å². The second-order valence-corrected chi connectivity index (χ2v) is 23.4. The SMILES string of the molecule is CC/C=C\C/C=C\C/C=C\C/C=C\C/C=C\C/C=C\C/C=C\C/C=C\C/C=C\C/C=C\CCCCCCC(=O)OC(COC(=O)CCCCCCCC/C=C\C/C=C\C/C=C\C/C=C\C/C=C\C/C=C\C/C=C\C/C=C\CC)COC(OCC[N+](C)(C)C)C(=O)O. The van der Waals surface area contributed by atoms with Gasteiger partial charge < -0.3 is 28.5 Å². The van der Waals surface area contributed by atoms with Crippen LogP contribution in [0.15, 0.2) is 219 Å². The Morgan fingerprint density at radius 1 is 0.330 bits per heavy atom. The first-order chi connectivity index (χ1) is 44.6. The third-order valence-corrected chi connectivity index (χ3v) is 13.7. The first-order valence-electron chi connectivity index (χ1n) is 34.9. The van der Waals surface area contributed by atoms with E-state index in [1.807, 2.05) is 21.1 Å². The molecule has 9 heteroatoms. The zero-order valence-corrected chi connectivity index (χ0v) is 57.6. The Labute approximate surface area is 556 Å². The highest BCUT2D eigenvalue weighted by Gasteiger charge is 2.25. The van der Waals surface area contributed by atoms with E-state index in [0.717, 1.165) is 180 Å². The van der Waals surface area contributed by atoms with E-state index in [9.17, 15) is 19.5 Å². The predicted octanol–water partition coefficient (Wildman–Crippen LogP) is 22.1. The third-order valence-electron chi connectivity index (χ3n) is 13.7. The summed E-state index contributed by atoms with van der Waals surface area (Å²) in [5.74, 6) is -2.09. The lowest BCUT2D eigenvalue weighted by Crippen LogP contribution is -2.40. The molecule has 506 valence electrons. The molecule has 0 aliphatic heterocycles. The Kier molecular flexibility index (Phi) is 64.6. The van der Waals surface area contributed by atoms with Gasteiger partial charge in [0.05, 0.1) is 34.4 Å². The molecule has 0 aromatic carbocycles. The molecule has 2 unspecified atom stereocenters. The van der Waals surface area contributed by atoms with Crippen molar-refractivity contribution in [2.45, 2.75) is 232 Å². The molecular weight excluding hydrogens is 1130 g/mol. The molecule has 0 aromatic rings. The average Bonchev–Trinajstić information content (AvgIpc) is 3.46. The van der Waals surface area contributed by atoms with E-state index in [1.165, 1.54) is 0 Å². The van der Waals surface area contributed by atoms with Gasteiger partial charge in [-0.3, -0.25) is 9.59 Å². The van der Waals surface area contributed by atoms with Crippen LogP contribution < -0.4 is 0 Å². The van der Waals surface area contributed by atoms with Crippen LogP contribution in [0.1, 0.15) is 219 Å². The van der Waals surface area contributed by atoms with Gasteiger partial charge in [-0.2, -0.15) is 0 Å². The highest BCUT2D eigenvalue weighted by atomic mass is 16.7. The number of unbranched alkanes of at least 4 members (excludes halogenated alkanes) is 10. The molecular formula is C82H126NO8+. The van der Waals surface area contributed by atoms with Crippen LogP contribution in [0, 0.1) is 0 Å². The van der Waals surface area contributed by atoms with E-state index in [1.54, 1.807) is 0 Å². The van der Waals surface area contributed by atoms with E-state index in [-0.39, 0.29) is 38.6 Å². The molecule has 9 nitrogen and oxygen atoms in total. The third kappa shape index (κ3) is 70.9. The van der Waals surface area contributed by atoms with Crippen molar-refractivity contribution in [1.82, 2.24) is 0 Å². The van der Waals surface area contributed by atoms with Crippen LogP contribution in [0.5, 0.6) is 0 Å². The molecule has 0 saturated heterocycles. The van der Waals surface area contributed by atoms with Gasteiger partial charge in [0.15, 0.2) is 6.10 Å². The summed E-state index contributed by atoms with van der Waals surface area (Å²) in [6.45, 7) is 4.56. The fourth-order valence-corrected chi connectivity index (χ4v) is 8.47. The minimum atomic E-state index is -1.54. The summed E-state index contributed by atoms with van der Waals surface area (Å²) in [5.41, 5.74) is 0. The van der Waals surface area contributed by atoms with Crippen molar-refractivity contribution >= 4 is 17.9 Å². The van der Waals surface area contributed by atoms with Crippen molar-refractivity contribution in [2.75, 3.05) is 47.5 Å². The predicted molar refractivity (Wildman–Crippen MR) is 391 cm³/mol. The molecule has 0 saturated carbocycles. The Hall–Kier alpha value is -6.39. The maximum Gasteiger partial charge on any atom is 0.361 e. The Balaban J connectivity index is 4.33. The fourth-order valence-electron chi connectivity index (χ4n) is 8.47. The first kappa shape index (κ1) is 84.6. The highest BCUT2D eigenvalue weighted by molar-refractivity contribution is 5.71. The Morgan fingerprint density at radius 3 is 0.879 bits per heavy atom. The number of aliphatic carboxylic acids is 1. The van der Waals surface area contributed by atoms with Crippen molar-refractivity contribution in [3.05, 3.63) is 219 Å². The van der Waals surface area contributed by atoms with E-state index >= 15 is 0 Å². The first-order valence-corrected chi connectivity index (χ1v) is 34.9. The number of carbonyl (C=O) groups excluding carboxylic acids is 2. The number of carboxylic acid groups (broad SMARTS) is 1. The number of allylic oxidation sites excluding steroid dienone is 36. The van der Waals surface area contributed by atoms with Crippen LogP contribution in [0.2, 0.25) is 0 Å². The number of likely N-dealkylation sites (N-methyl/N-ethyl adjacent to an activating group) is 1. The Bertz CT molecular complexity index is 2300. The molecule has 0 heterocycles. The van der Waals surface area contributed by atoms with Crippen molar-refractivity contribution in [1.29, 1.82) is 0 Å². The van der Waals surface area contributed by atoms with Gasteiger partial charge in [-0.25, -0.2) is 4.79 Å². The number of quaternary nitrogens is 1. The Morgan fingerprint density at radius 2 is 0.593 bits per heavy atom. The molecule has 0 aliphatic rings. The van der Waals surface area contributed by atoms with Gasteiger partial charge in [0.1, 0.15) is 13.2 Å². The van der Waals surface area contributed by atoms with E-state index < -0.39 is 24.3 Å². The topological polar surface area (TPSA) is 108 Å². The van der Waals surface area contributed by atoms with Crippen LogP contribution in [0.25, 0.3) is 0 Å². The summed E-state index contributed by atoms with van der Waals surface area (Å²) in [7, 11) is 5.94. The highest BCUT2D eigenvalue weighted by Crippen LogP contribution is 2.13.